The molecule has 0 aromatic heterocycles. The number of rotatable bonds is 9. The van der Waals surface area contributed by atoms with Crippen molar-refractivity contribution in [1.82, 2.24) is 10.0 Å². The van der Waals surface area contributed by atoms with Gasteiger partial charge >= 0.3 is 0 Å². The molecular weight excluding hydrogens is 308 g/mol. The summed E-state index contributed by atoms with van der Waals surface area (Å²) in [5.74, 6) is -0.158. The van der Waals surface area contributed by atoms with Gasteiger partial charge in [0.1, 0.15) is 10.6 Å². The van der Waals surface area contributed by atoms with Gasteiger partial charge in [0, 0.05) is 25.3 Å². The highest BCUT2D eigenvalue weighted by Crippen LogP contribution is 2.24. The molecule has 0 fully saturated rings. The number of hydrogen-bond acceptors (Lipinski definition) is 5. The molecule has 0 unspecified atom stereocenters. The van der Waals surface area contributed by atoms with E-state index < -0.39 is 10.0 Å². The van der Waals surface area contributed by atoms with E-state index in [2.05, 4.69) is 10.0 Å². The Labute approximate surface area is 131 Å². The zero-order valence-corrected chi connectivity index (χ0v) is 13.8. The van der Waals surface area contributed by atoms with Crippen LogP contribution in [0.2, 0.25) is 0 Å². The second-order valence-electron chi connectivity index (χ2n) is 4.38. The quantitative estimate of drug-likeness (QED) is 0.652. The third-order valence-corrected chi connectivity index (χ3v) is 4.37. The smallest absolute Gasteiger partial charge is 0.251 e. The second kappa shape index (κ2) is 8.72. The molecule has 1 aromatic carbocycles. The summed E-state index contributed by atoms with van der Waals surface area (Å²) in [5.41, 5.74) is 0.256. The lowest BCUT2D eigenvalue weighted by molar-refractivity contribution is 0.0944. The van der Waals surface area contributed by atoms with E-state index in [1.165, 1.54) is 32.4 Å². The Kier molecular flexibility index (Phi) is 7.30. The lowest BCUT2D eigenvalue weighted by Gasteiger charge is -2.11. The SMILES string of the molecule is CCOCCCNC(=O)c1ccc(OC)c(S(=O)(=O)NC)c1. The molecule has 0 heterocycles. The van der Waals surface area contributed by atoms with E-state index in [0.717, 1.165) is 0 Å². The van der Waals surface area contributed by atoms with Gasteiger partial charge in [-0.05, 0) is 38.6 Å². The molecule has 1 aromatic rings. The van der Waals surface area contributed by atoms with E-state index in [-0.39, 0.29) is 22.1 Å². The summed E-state index contributed by atoms with van der Waals surface area (Å²) in [5, 5.41) is 2.72. The molecule has 0 atom stereocenters. The summed E-state index contributed by atoms with van der Waals surface area (Å²) >= 11 is 0. The predicted molar refractivity (Wildman–Crippen MR) is 82.7 cm³/mol. The van der Waals surface area contributed by atoms with Gasteiger partial charge in [-0.3, -0.25) is 4.79 Å². The Hall–Kier alpha value is -1.64. The van der Waals surface area contributed by atoms with E-state index in [0.29, 0.717) is 26.2 Å². The number of benzene rings is 1. The second-order valence-corrected chi connectivity index (χ2v) is 6.23. The van der Waals surface area contributed by atoms with Crippen molar-refractivity contribution in [1.29, 1.82) is 0 Å². The maximum Gasteiger partial charge on any atom is 0.251 e. The van der Waals surface area contributed by atoms with Crippen molar-refractivity contribution in [2.24, 2.45) is 0 Å². The Morgan fingerprint density at radius 2 is 2.05 bits per heavy atom. The van der Waals surface area contributed by atoms with Crippen LogP contribution in [0.3, 0.4) is 0 Å². The van der Waals surface area contributed by atoms with Gasteiger partial charge < -0.3 is 14.8 Å². The van der Waals surface area contributed by atoms with E-state index >= 15 is 0 Å². The molecule has 0 spiro atoms. The Bertz CT molecular complexity index is 601. The van der Waals surface area contributed by atoms with Gasteiger partial charge in [-0.15, -0.1) is 0 Å². The van der Waals surface area contributed by atoms with Gasteiger partial charge in [0.15, 0.2) is 0 Å². The van der Waals surface area contributed by atoms with Crippen LogP contribution in [-0.4, -0.2) is 48.2 Å². The Morgan fingerprint density at radius 3 is 2.64 bits per heavy atom. The molecule has 22 heavy (non-hydrogen) atoms. The zero-order chi connectivity index (χ0) is 16.6. The molecule has 0 bridgehead atoms. The van der Waals surface area contributed by atoms with Gasteiger partial charge in [0.05, 0.1) is 7.11 Å². The molecule has 124 valence electrons. The van der Waals surface area contributed by atoms with Crippen LogP contribution in [0.4, 0.5) is 0 Å². The number of ether oxygens (including phenoxy) is 2. The third kappa shape index (κ3) is 4.97. The van der Waals surface area contributed by atoms with Crippen molar-refractivity contribution in [2.75, 3.05) is 33.9 Å². The van der Waals surface area contributed by atoms with E-state index in [4.69, 9.17) is 9.47 Å². The molecule has 0 radical (unpaired) electrons. The third-order valence-electron chi connectivity index (χ3n) is 2.94. The van der Waals surface area contributed by atoms with Crippen LogP contribution in [0.25, 0.3) is 0 Å². The normalized spacial score (nSPS) is 11.2. The molecule has 2 N–H and O–H groups in total. The van der Waals surface area contributed by atoms with Gasteiger partial charge in [-0.25, -0.2) is 13.1 Å². The lowest BCUT2D eigenvalue weighted by Crippen LogP contribution is -2.26. The van der Waals surface area contributed by atoms with Crippen molar-refractivity contribution < 1.29 is 22.7 Å². The molecule has 8 heteroatoms. The van der Waals surface area contributed by atoms with Crippen molar-refractivity contribution in [2.45, 2.75) is 18.2 Å². The highest BCUT2D eigenvalue weighted by Gasteiger charge is 2.19. The predicted octanol–water partition coefficient (Wildman–Crippen LogP) is 0.760. The van der Waals surface area contributed by atoms with Crippen LogP contribution in [-0.2, 0) is 14.8 Å². The van der Waals surface area contributed by atoms with Crippen LogP contribution in [0.5, 0.6) is 5.75 Å². The molecule has 7 nitrogen and oxygen atoms in total. The zero-order valence-electron chi connectivity index (χ0n) is 13.0. The first kappa shape index (κ1) is 18.4. The van der Waals surface area contributed by atoms with Crippen LogP contribution >= 0.6 is 0 Å². The van der Waals surface area contributed by atoms with Crippen molar-refractivity contribution >= 4 is 15.9 Å². The molecule has 0 saturated carbocycles. The standard InChI is InChI=1S/C14H22N2O5S/c1-4-21-9-5-8-16-14(17)11-6-7-12(20-3)13(10-11)22(18,19)15-2/h6-7,10,15H,4-5,8-9H2,1-3H3,(H,16,17). The fourth-order valence-corrected chi connectivity index (χ4v) is 2.68. The van der Waals surface area contributed by atoms with Gasteiger partial charge in [0.2, 0.25) is 10.0 Å². The molecule has 0 saturated heterocycles. The fourth-order valence-electron chi connectivity index (χ4n) is 1.76. The van der Waals surface area contributed by atoms with Gasteiger partial charge in [0.25, 0.3) is 5.91 Å². The molecular formula is C14H22N2O5S. The maximum atomic E-state index is 12.0. The molecule has 0 aliphatic carbocycles. The van der Waals surface area contributed by atoms with Crippen LogP contribution < -0.4 is 14.8 Å². The summed E-state index contributed by atoms with van der Waals surface area (Å²) < 4.78 is 36.3. The lowest BCUT2D eigenvalue weighted by atomic mass is 10.2. The summed E-state index contributed by atoms with van der Waals surface area (Å²) in [6.45, 7) is 3.56. The first-order valence-electron chi connectivity index (χ1n) is 6.93. The number of methoxy groups -OCH3 is 1. The highest BCUT2D eigenvalue weighted by molar-refractivity contribution is 7.89. The maximum absolute atomic E-state index is 12.0. The van der Waals surface area contributed by atoms with Gasteiger partial charge in [-0.2, -0.15) is 0 Å². The van der Waals surface area contributed by atoms with Crippen molar-refractivity contribution in [3.8, 4) is 5.75 Å². The van der Waals surface area contributed by atoms with E-state index in [1.807, 2.05) is 6.92 Å². The number of carbonyl (C=O) groups is 1. The number of hydrogen-bond donors (Lipinski definition) is 2. The molecule has 0 aliphatic rings. The van der Waals surface area contributed by atoms with E-state index in [1.54, 1.807) is 0 Å². The minimum absolute atomic E-state index is 0.0699. The monoisotopic (exact) mass is 330 g/mol. The summed E-state index contributed by atoms with van der Waals surface area (Å²) in [6.07, 6.45) is 0.692. The molecule has 0 aliphatic heterocycles. The van der Waals surface area contributed by atoms with Crippen LogP contribution in [0.1, 0.15) is 23.7 Å². The average molecular weight is 330 g/mol. The highest BCUT2D eigenvalue weighted by atomic mass is 32.2. The average Bonchev–Trinajstić information content (AvgIpc) is 2.53. The molecule has 1 rings (SSSR count). The largest absolute Gasteiger partial charge is 0.495 e. The van der Waals surface area contributed by atoms with Crippen molar-refractivity contribution in [3.63, 3.8) is 0 Å². The summed E-state index contributed by atoms with van der Waals surface area (Å²) in [6, 6.07) is 4.27. The first-order chi connectivity index (χ1) is 10.5. The number of sulfonamides is 1. The Morgan fingerprint density at radius 1 is 1.32 bits per heavy atom. The van der Waals surface area contributed by atoms with Gasteiger partial charge in [-0.1, -0.05) is 0 Å². The minimum atomic E-state index is -3.70. The summed E-state index contributed by atoms with van der Waals surface area (Å²) in [7, 11) is -1.03. The van der Waals surface area contributed by atoms with Crippen LogP contribution in [0, 0.1) is 0 Å². The Balaban J connectivity index is 2.84. The fraction of sp³-hybridized carbons (Fsp3) is 0.500. The number of nitrogens with one attached hydrogen (secondary N) is 2. The summed E-state index contributed by atoms with van der Waals surface area (Å²) in [4.78, 5) is 12.0. The van der Waals surface area contributed by atoms with E-state index in [9.17, 15) is 13.2 Å². The first-order valence-corrected chi connectivity index (χ1v) is 8.42. The van der Waals surface area contributed by atoms with Crippen LogP contribution in [0.15, 0.2) is 23.1 Å². The topological polar surface area (TPSA) is 93.7 Å². The van der Waals surface area contributed by atoms with Crippen molar-refractivity contribution in [3.05, 3.63) is 23.8 Å². The molecule has 1 amide bonds. The minimum Gasteiger partial charge on any atom is -0.495 e. The number of carbonyl (C=O) groups excluding carboxylic acids is 1. The number of amides is 1.